The third kappa shape index (κ3) is 5.59. The molecule has 0 spiro atoms. The number of nitrogens with zero attached hydrogens (tertiary/aromatic N) is 3. The van der Waals surface area contributed by atoms with E-state index in [1.54, 1.807) is 0 Å². The molecule has 200 valence electrons. The molecule has 9 nitrogen and oxygen atoms in total. The van der Waals surface area contributed by atoms with E-state index in [0.29, 0.717) is 55.3 Å². The normalized spacial score (nSPS) is 21.2. The Kier molecular flexibility index (Phi) is 7.67. The first-order chi connectivity index (χ1) is 17.8. The third-order valence-corrected chi connectivity index (χ3v) is 10.3. The van der Waals surface area contributed by atoms with E-state index in [2.05, 4.69) is 22.5 Å². The quantitative estimate of drug-likeness (QED) is 0.406. The Hall–Kier alpha value is -2.34. The van der Waals surface area contributed by atoms with Crippen molar-refractivity contribution >= 4 is 38.7 Å². The lowest BCUT2D eigenvalue weighted by atomic mass is 9.81. The SMILES string of the molecule is C[C@H]1COCCN1c1cc(C2(S(=O)(=O)CCCO)CCC2)nc(-c2ccc(NC(=S)NC3CC3)cc2)n1. The number of aliphatic hydroxyl groups excluding tert-OH is 1. The first-order valence-electron chi connectivity index (χ1n) is 13.1. The molecular weight excluding hydrogens is 510 g/mol. The summed E-state index contributed by atoms with van der Waals surface area (Å²) in [5, 5.41) is 16.4. The van der Waals surface area contributed by atoms with Gasteiger partial charge in [0.1, 0.15) is 10.6 Å². The molecule has 0 radical (unpaired) electrons. The number of thiocarbonyl (C=S) groups is 1. The molecule has 1 aliphatic heterocycles. The highest BCUT2D eigenvalue weighted by Crippen LogP contribution is 2.49. The van der Waals surface area contributed by atoms with Gasteiger partial charge in [-0.1, -0.05) is 0 Å². The van der Waals surface area contributed by atoms with E-state index in [1.165, 1.54) is 0 Å². The van der Waals surface area contributed by atoms with Gasteiger partial charge in [0.05, 0.1) is 30.7 Å². The lowest BCUT2D eigenvalue weighted by Gasteiger charge is -2.41. The van der Waals surface area contributed by atoms with Crippen molar-refractivity contribution in [3.8, 4) is 11.4 Å². The molecule has 2 aliphatic carbocycles. The van der Waals surface area contributed by atoms with Crippen LogP contribution in [0.3, 0.4) is 0 Å². The second-order valence-electron chi connectivity index (χ2n) is 10.2. The Morgan fingerprint density at radius 3 is 2.62 bits per heavy atom. The Balaban J connectivity index is 1.50. The Morgan fingerprint density at radius 2 is 2.00 bits per heavy atom. The van der Waals surface area contributed by atoms with E-state index in [-0.39, 0.29) is 24.8 Å². The fourth-order valence-corrected chi connectivity index (χ4v) is 7.49. The maximum atomic E-state index is 13.5. The van der Waals surface area contributed by atoms with Crippen LogP contribution in [0.25, 0.3) is 11.4 Å². The van der Waals surface area contributed by atoms with E-state index in [9.17, 15) is 13.5 Å². The minimum Gasteiger partial charge on any atom is -0.396 e. The van der Waals surface area contributed by atoms with Crippen LogP contribution >= 0.6 is 12.2 Å². The number of anilines is 2. The molecule has 2 heterocycles. The van der Waals surface area contributed by atoms with Crippen LogP contribution in [0.1, 0.15) is 51.1 Å². The van der Waals surface area contributed by atoms with Crippen LogP contribution < -0.4 is 15.5 Å². The van der Waals surface area contributed by atoms with E-state index < -0.39 is 14.6 Å². The van der Waals surface area contributed by atoms with Crippen molar-refractivity contribution in [2.24, 2.45) is 0 Å². The monoisotopic (exact) mass is 545 g/mol. The molecule has 37 heavy (non-hydrogen) atoms. The van der Waals surface area contributed by atoms with Gasteiger partial charge in [0.25, 0.3) is 0 Å². The molecule has 1 aromatic carbocycles. The molecule has 0 amide bonds. The summed E-state index contributed by atoms with van der Waals surface area (Å²) in [5.74, 6) is 1.16. The molecule has 2 saturated carbocycles. The van der Waals surface area contributed by atoms with Gasteiger partial charge in [-0.05, 0) is 81.9 Å². The topological polar surface area (TPSA) is 117 Å². The van der Waals surface area contributed by atoms with Crippen molar-refractivity contribution in [3.63, 3.8) is 0 Å². The van der Waals surface area contributed by atoms with Crippen molar-refractivity contribution in [1.29, 1.82) is 0 Å². The summed E-state index contributed by atoms with van der Waals surface area (Å²) in [7, 11) is -3.51. The highest BCUT2D eigenvalue weighted by Gasteiger charge is 2.51. The Labute approximate surface area is 224 Å². The second-order valence-corrected chi connectivity index (χ2v) is 13.1. The zero-order chi connectivity index (χ0) is 26.0. The summed E-state index contributed by atoms with van der Waals surface area (Å²) in [6, 6.07) is 10.2. The largest absolute Gasteiger partial charge is 0.396 e. The average Bonchev–Trinajstić information content (AvgIpc) is 3.66. The number of morpholine rings is 1. The Bertz CT molecular complexity index is 1230. The van der Waals surface area contributed by atoms with Gasteiger partial charge in [-0.3, -0.25) is 0 Å². The van der Waals surface area contributed by atoms with Crippen LogP contribution in [0.2, 0.25) is 0 Å². The number of rotatable bonds is 9. The molecule has 0 unspecified atom stereocenters. The number of aromatic nitrogens is 2. The van der Waals surface area contributed by atoms with Gasteiger partial charge in [0.15, 0.2) is 20.8 Å². The lowest BCUT2D eigenvalue weighted by molar-refractivity contribution is 0.0985. The van der Waals surface area contributed by atoms with Gasteiger partial charge in [-0.15, -0.1) is 0 Å². The first-order valence-corrected chi connectivity index (χ1v) is 15.1. The van der Waals surface area contributed by atoms with Crippen LogP contribution in [0.4, 0.5) is 11.5 Å². The van der Waals surface area contributed by atoms with Crippen LogP contribution in [0.5, 0.6) is 0 Å². The highest BCUT2D eigenvalue weighted by molar-refractivity contribution is 7.92. The standard InChI is InChI=1S/C26H35N5O4S2/c1-18-17-35-14-12-31(18)23-16-22(26(10-2-11-26)37(33,34)15-3-13-32)29-24(30-23)19-4-6-20(7-5-19)27-25(36)28-21-8-9-21/h4-7,16,18,21,32H,2-3,8-15,17H2,1H3,(H2,27,28,36)/t18-/m0/s1. The Morgan fingerprint density at radius 1 is 1.24 bits per heavy atom. The predicted molar refractivity (Wildman–Crippen MR) is 148 cm³/mol. The van der Waals surface area contributed by atoms with Crippen molar-refractivity contribution in [3.05, 3.63) is 36.0 Å². The first kappa shape index (κ1) is 26.3. The third-order valence-electron chi connectivity index (χ3n) is 7.48. The zero-order valence-corrected chi connectivity index (χ0v) is 22.8. The smallest absolute Gasteiger partial charge is 0.170 e. The maximum Gasteiger partial charge on any atom is 0.170 e. The summed E-state index contributed by atoms with van der Waals surface area (Å²) >= 11 is 5.39. The molecule has 3 fully saturated rings. The van der Waals surface area contributed by atoms with E-state index in [4.69, 9.17) is 26.9 Å². The summed E-state index contributed by atoms with van der Waals surface area (Å²) in [4.78, 5) is 11.9. The van der Waals surface area contributed by atoms with Gasteiger partial charge in [-0.25, -0.2) is 18.4 Å². The van der Waals surface area contributed by atoms with Gasteiger partial charge in [0.2, 0.25) is 0 Å². The molecule has 11 heteroatoms. The molecule has 1 aromatic heterocycles. The molecule has 3 aliphatic rings. The van der Waals surface area contributed by atoms with Gasteiger partial charge < -0.3 is 25.4 Å². The van der Waals surface area contributed by atoms with Crippen LogP contribution in [-0.2, 0) is 19.3 Å². The number of hydrogen-bond donors (Lipinski definition) is 3. The van der Waals surface area contributed by atoms with Crippen molar-refractivity contribution in [2.45, 2.75) is 62.3 Å². The zero-order valence-electron chi connectivity index (χ0n) is 21.1. The molecule has 2 aromatic rings. The molecule has 3 N–H and O–H groups in total. The lowest BCUT2D eigenvalue weighted by Crippen LogP contribution is -2.46. The minimum atomic E-state index is -3.51. The van der Waals surface area contributed by atoms with Crippen molar-refractivity contribution in [1.82, 2.24) is 15.3 Å². The van der Waals surface area contributed by atoms with E-state index in [1.807, 2.05) is 30.3 Å². The van der Waals surface area contributed by atoms with E-state index >= 15 is 0 Å². The molecule has 0 bridgehead atoms. The van der Waals surface area contributed by atoms with Gasteiger partial charge in [-0.2, -0.15) is 0 Å². The number of hydrogen-bond acceptors (Lipinski definition) is 8. The average molecular weight is 546 g/mol. The maximum absolute atomic E-state index is 13.5. The fraction of sp³-hybridized carbons (Fsp3) is 0.577. The van der Waals surface area contributed by atoms with Crippen LogP contribution in [-0.4, -0.2) is 72.8 Å². The number of ether oxygens (including phenoxy) is 1. The number of sulfone groups is 1. The van der Waals surface area contributed by atoms with Gasteiger partial charge >= 0.3 is 0 Å². The highest BCUT2D eigenvalue weighted by atomic mass is 32.2. The summed E-state index contributed by atoms with van der Waals surface area (Å²) in [6.07, 6.45) is 4.41. The molecule has 1 atom stereocenters. The molecular formula is C26H35N5O4S2. The second kappa shape index (κ2) is 10.8. The minimum absolute atomic E-state index is 0.0543. The summed E-state index contributed by atoms with van der Waals surface area (Å²) in [5.41, 5.74) is 2.22. The van der Waals surface area contributed by atoms with Crippen LogP contribution in [0, 0.1) is 0 Å². The van der Waals surface area contributed by atoms with Crippen molar-refractivity contribution < 1.29 is 18.3 Å². The fourth-order valence-electron chi connectivity index (χ4n) is 4.97. The summed E-state index contributed by atoms with van der Waals surface area (Å²) < 4.78 is 31.6. The molecule has 5 rings (SSSR count). The van der Waals surface area contributed by atoms with Crippen LogP contribution in [0.15, 0.2) is 30.3 Å². The van der Waals surface area contributed by atoms with E-state index in [0.717, 1.165) is 36.3 Å². The number of benzene rings is 1. The summed E-state index contributed by atoms with van der Waals surface area (Å²) in [6.45, 7) is 3.78. The van der Waals surface area contributed by atoms with Crippen molar-refractivity contribution in [2.75, 3.05) is 42.3 Å². The number of aliphatic hydroxyl groups is 1. The number of nitrogens with one attached hydrogen (secondary N) is 2. The predicted octanol–water partition coefficient (Wildman–Crippen LogP) is 2.99. The van der Waals surface area contributed by atoms with Gasteiger partial charge in [0, 0.05) is 36.5 Å². The molecule has 1 saturated heterocycles.